The summed E-state index contributed by atoms with van der Waals surface area (Å²) in [5.74, 6) is 1.14. The molecule has 0 radical (unpaired) electrons. The highest BCUT2D eigenvalue weighted by atomic mass is 35.5. The molecule has 1 amide bonds. The third kappa shape index (κ3) is 4.86. The maximum atomic E-state index is 12.9. The van der Waals surface area contributed by atoms with Crippen LogP contribution >= 0.6 is 23.2 Å². The lowest BCUT2D eigenvalue weighted by Crippen LogP contribution is -2.35. The van der Waals surface area contributed by atoms with Crippen molar-refractivity contribution in [3.8, 4) is 11.5 Å². The van der Waals surface area contributed by atoms with Gasteiger partial charge in [-0.1, -0.05) is 37.0 Å². The largest absolute Gasteiger partial charge is 0.493 e. The molecule has 1 aliphatic heterocycles. The van der Waals surface area contributed by atoms with Gasteiger partial charge < -0.3 is 9.47 Å². The minimum absolute atomic E-state index is 0.0476. The van der Waals surface area contributed by atoms with E-state index in [0.717, 1.165) is 48.1 Å². The number of rotatable bonds is 6. The summed E-state index contributed by atoms with van der Waals surface area (Å²) in [5, 5.41) is 6.90. The number of benzene rings is 1. The van der Waals surface area contributed by atoms with Crippen molar-refractivity contribution >= 4 is 34.8 Å². The number of ether oxygens (including phenoxy) is 2. The maximum Gasteiger partial charge on any atom is 0.245 e. The summed E-state index contributed by atoms with van der Waals surface area (Å²) in [6.07, 6.45) is 4.98. The lowest BCUT2D eigenvalue weighted by atomic mass is 9.95. The van der Waals surface area contributed by atoms with Crippen LogP contribution in [0.2, 0.25) is 10.3 Å². The van der Waals surface area contributed by atoms with Gasteiger partial charge in [0.2, 0.25) is 5.91 Å². The number of hydrogen-bond donors (Lipinski definition) is 0. The molecule has 6 nitrogen and oxygen atoms in total. The van der Waals surface area contributed by atoms with Crippen LogP contribution in [0.1, 0.15) is 56.2 Å². The highest BCUT2D eigenvalue weighted by molar-refractivity contribution is 6.32. The van der Waals surface area contributed by atoms with E-state index in [1.54, 1.807) is 19.2 Å². The fraction of sp³-hybridized carbons (Fsp3) is 0.458. The molecule has 1 aromatic heterocycles. The topological polar surface area (TPSA) is 64.0 Å². The number of nitrogens with zero attached hydrogens (tertiary/aromatic N) is 3. The van der Waals surface area contributed by atoms with Crippen LogP contribution in [-0.2, 0) is 17.8 Å². The summed E-state index contributed by atoms with van der Waals surface area (Å²) in [7, 11) is 1.64. The standard InChI is InChI=1S/C24H27Cl2N3O3/c1-14(2)24(30)29-13-18-17(19(28-29)10-15-11-21(25)27-22(26)12-15)8-9-20(31-3)23(18)32-16-6-4-5-7-16/h8-9,11-12,14,16H,4-7,10,13H2,1-3H3. The fourth-order valence-corrected chi connectivity index (χ4v) is 4.75. The van der Waals surface area contributed by atoms with E-state index in [0.29, 0.717) is 34.8 Å². The first kappa shape index (κ1) is 22.9. The fourth-order valence-electron chi connectivity index (χ4n) is 4.25. The molecule has 170 valence electrons. The molecule has 0 bridgehead atoms. The number of hydrazone groups is 1. The Balaban J connectivity index is 1.79. The molecule has 1 saturated carbocycles. The van der Waals surface area contributed by atoms with E-state index >= 15 is 0 Å². The van der Waals surface area contributed by atoms with E-state index in [9.17, 15) is 4.79 Å². The average Bonchev–Trinajstić information content (AvgIpc) is 3.26. The van der Waals surface area contributed by atoms with Crippen molar-refractivity contribution in [3.63, 3.8) is 0 Å². The third-order valence-corrected chi connectivity index (χ3v) is 6.22. The van der Waals surface area contributed by atoms with Crippen molar-refractivity contribution in [1.82, 2.24) is 9.99 Å². The zero-order chi connectivity index (χ0) is 22.8. The van der Waals surface area contributed by atoms with E-state index in [4.69, 9.17) is 37.8 Å². The van der Waals surface area contributed by atoms with Gasteiger partial charge in [0.25, 0.3) is 0 Å². The monoisotopic (exact) mass is 475 g/mol. The highest BCUT2D eigenvalue weighted by Gasteiger charge is 2.30. The minimum atomic E-state index is -0.184. The van der Waals surface area contributed by atoms with E-state index in [1.807, 2.05) is 26.0 Å². The molecular weight excluding hydrogens is 449 g/mol. The normalized spacial score (nSPS) is 16.2. The average molecular weight is 476 g/mol. The molecule has 1 aliphatic carbocycles. The summed E-state index contributed by atoms with van der Waals surface area (Å²) in [6, 6.07) is 7.41. The molecule has 32 heavy (non-hydrogen) atoms. The van der Waals surface area contributed by atoms with Crippen molar-refractivity contribution < 1.29 is 14.3 Å². The lowest BCUT2D eigenvalue weighted by molar-refractivity contribution is -0.135. The Bertz CT molecular complexity index is 1030. The Kier molecular flexibility index (Phi) is 6.91. The van der Waals surface area contributed by atoms with E-state index < -0.39 is 0 Å². The molecule has 0 saturated heterocycles. The Hall–Kier alpha value is -2.31. The first-order valence-electron chi connectivity index (χ1n) is 10.9. The maximum absolute atomic E-state index is 12.9. The van der Waals surface area contributed by atoms with Gasteiger partial charge in [0, 0.05) is 23.5 Å². The van der Waals surface area contributed by atoms with Crippen molar-refractivity contribution in [2.24, 2.45) is 11.0 Å². The number of halogens is 2. The summed E-state index contributed by atoms with van der Waals surface area (Å²) in [6.45, 7) is 4.08. The second kappa shape index (κ2) is 9.67. The Morgan fingerprint density at radius 3 is 2.50 bits per heavy atom. The van der Waals surface area contributed by atoms with Gasteiger partial charge in [0.05, 0.1) is 25.5 Å². The first-order valence-corrected chi connectivity index (χ1v) is 11.7. The Labute approximate surface area is 198 Å². The van der Waals surface area contributed by atoms with E-state index in [2.05, 4.69) is 4.98 Å². The highest BCUT2D eigenvalue weighted by Crippen LogP contribution is 2.40. The van der Waals surface area contributed by atoms with Crippen LogP contribution in [0.5, 0.6) is 11.5 Å². The van der Waals surface area contributed by atoms with Gasteiger partial charge in [-0.25, -0.2) is 9.99 Å². The molecule has 2 heterocycles. The predicted molar refractivity (Wildman–Crippen MR) is 126 cm³/mol. The molecular formula is C24H27Cl2N3O3. The van der Waals surface area contributed by atoms with Crippen molar-refractivity contribution in [2.45, 2.75) is 58.6 Å². The van der Waals surface area contributed by atoms with E-state index in [1.165, 1.54) is 5.01 Å². The molecule has 1 aromatic carbocycles. The number of carbonyl (C=O) groups excluding carboxylic acids is 1. The Morgan fingerprint density at radius 1 is 1.19 bits per heavy atom. The molecule has 0 spiro atoms. The SMILES string of the molecule is COc1ccc2c(c1OC1CCCC1)CN(C(=O)C(C)C)N=C2Cc1cc(Cl)nc(Cl)c1. The Morgan fingerprint density at radius 2 is 1.88 bits per heavy atom. The van der Waals surface area contributed by atoms with Gasteiger partial charge in [-0.15, -0.1) is 0 Å². The molecule has 0 unspecified atom stereocenters. The number of fused-ring (bicyclic) bond motifs is 1. The van der Waals surface area contributed by atoms with Crippen LogP contribution in [0, 0.1) is 5.92 Å². The zero-order valence-electron chi connectivity index (χ0n) is 18.5. The van der Waals surface area contributed by atoms with Crippen LogP contribution < -0.4 is 9.47 Å². The van der Waals surface area contributed by atoms with Gasteiger partial charge in [0.1, 0.15) is 10.3 Å². The predicted octanol–water partition coefficient (Wildman–Crippen LogP) is 5.66. The minimum Gasteiger partial charge on any atom is -0.493 e. The zero-order valence-corrected chi connectivity index (χ0v) is 20.0. The molecule has 8 heteroatoms. The van der Waals surface area contributed by atoms with E-state index in [-0.39, 0.29) is 17.9 Å². The smallest absolute Gasteiger partial charge is 0.245 e. The van der Waals surface area contributed by atoms with Crippen molar-refractivity contribution in [2.75, 3.05) is 7.11 Å². The summed E-state index contributed by atoms with van der Waals surface area (Å²) < 4.78 is 12.1. The van der Waals surface area contributed by atoms with Gasteiger partial charge in [-0.3, -0.25) is 4.79 Å². The van der Waals surface area contributed by atoms with Crippen LogP contribution in [0.25, 0.3) is 0 Å². The van der Waals surface area contributed by atoms with Crippen molar-refractivity contribution in [1.29, 1.82) is 0 Å². The quantitative estimate of drug-likeness (QED) is 0.505. The van der Waals surface area contributed by atoms with Crippen LogP contribution in [0.4, 0.5) is 0 Å². The van der Waals surface area contributed by atoms with Gasteiger partial charge in [-0.2, -0.15) is 5.10 Å². The summed E-state index contributed by atoms with van der Waals surface area (Å²) in [5.41, 5.74) is 3.47. The molecule has 4 rings (SSSR count). The number of methoxy groups -OCH3 is 1. The number of amides is 1. The van der Waals surface area contributed by atoms with Crippen LogP contribution in [0.3, 0.4) is 0 Å². The second-order valence-corrected chi connectivity index (χ2v) is 9.32. The number of carbonyl (C=O) groups is 1. The van der Waals surface area contributed by atoms with Gasteiger partial charge in [0.15, 0.2) is 11.5 Å². The molecule has 2 aromatic rings. The van der Waals surface area contributed by atoms with Crippen LogP contribution in [0.15, 0.2) is 29.4 Å². The summed E-state index contributed by atoms with van der Waals surface area (Å²) in [4.78, 5) is 16.9. The van der Waals surface area contributed by atoms with Gasteiger partial charge >= 0.3 is 0 Å². The first-order chi connectivity index (χ1) is 15.4. The number of aromatic nitrogens is 1. The molecule has 0 N–H and O–H groups in total. The molecule has 1 fully saturated rings. The third-order valence-electron chi connectivity index (χ3n) is 5.83. The molecule has 0 atom stereocenters. The number of pyridine rings is 1. The lowest BCUT2D eigenvalue weighted by Gasteiger charge is -2.30. The second-order valence-electron chi connectivity index (χ2n) is 8.54. The van der Waals surface area contributed by atoms with Gasteiger partial charge in [-0.05, 0) is 55.5 Å². The number of hydrogen-bond acceptors (Lipinski definition) is 5. The van der Waals surface area contributed by atoms with Crippen molar-refractivity contribution in [3.05, 3.63) is 51.3 Å². The summed E-state index contributed by atoms with van der Waals surface area (Å²) >= 11 is 12.2. The van der Waals surface area contributed by atoms with Crippen LogP contribution in [-0.4, -0.2) is 34.8 Å². The molecule has 2 aliphatic rings.